The lowest BCUT2D eigenvalue weighted by molar-refractivity contribution is 0.206. The van der Waals surface area contributed by atoms with Crippen molar-refractivity contribution in [3.63, 3.8) is 0 Å². The Labute approximate surface area is 123 Å². The van der Waals surface area contributed by atoms with Crippen LogP contribution in [-0.2, 0) is 6.54 Å². The Kier molecular flexibility index (Phi) is 4.50. The van der Waals surface area contributed by atoms with Gasteiger partial charge in [0.1, 0.15) is 0 Å². The van der Waals surface area contributed by atoms with Crippen LogP contribution in [-0.4, -0.2) is 34.4 Å². The summed E-state index contributed by atoms with van der Waals surface area (Å²) in [5.41, 5.74) is 1.00. The van der Waals surface area contributed by atoms with Gasteiger partial charge >= 0.3 is 0 Å². The average Bonchev–Trinajstić information content (AvgIpc) is 3.18. The van der Waals surface area contributed by atoms with Crippen molar-refractivity contribution in [1.82, 2.24) is 10.1 Å². The summed E-state index contributed by atoms with van der Waals surface area (Å²) >= 11 is 1.67. The van der Waals surface area contributed by atoms with Crippen LogP contribution < -0.4 is 0 Å². The predicted molar refractivity (Wildman–Crippen MR) is 79.6 cm³/mol. The molecule has 0 saturated carbocycles. The summed E-state index contributed by atoms with van der Waals surface area (Å²) in [7, 11) is 0. The van der Waals surface area contributed by atoms with Gasteiger partial charge in [0.2, 0.25) is 0 Å². The van der Waals surface area contributed by atoms with Crippen LogP contribution in [0.3, 0.4) is 0 Å². The van der Waals surface area contributed by atoms with Gasteiger partial charge in [-0.05, 0) is 43.7 Å². The van der Waals surface area contributed by atoms with E-state index in [2.05, 4.69) is 16.1 Å². The Bertz CT molecular complexity index is 524. The lowest BCUT2D eigenvalue weighted by atomic mass is 10.1. The number of likely N-dealkylation sites (tertiary alicyclic amines) is 1. The van der Waals surface area contributed by atoms with E-state index in [-0.39, 0.29) is 6.61 Å². The van der Waals surface area contributed by atoms with Crippen molar-refractivity contribution in [2.24, 2.45) is 0 Å². The quantitative estimate of drug-likeness (QED) is 0.888. The van der Waals surface area contributed by atoms with Gasteiger partial charge in [-0.15, -0.1) is 11.3 Å². The summed E-state index contributed by atoms with van der Waals surface area (Å²) in [5, 5.41) is 15.2. The average molecular weight is 292 g/mol. The highest BCUT2D eigenvalue weighted by atomic mass is 32.1. The monoisotopic (exact) mass is 292 g/mol. The van der Waals surface area contributed by atoms with E-state index in [0.29, 0.717) is 6.04 Å². The van der Waals surface area contributed by atoms with Crippen LogP contribution in [0.4, 0.5) is 0 Å². The van der Waals surface area contributed by atoms with Crippen molar-refractivity contribution in [2.75, 3.05) is 13.2 Å². The van der Waals surface area contributed by atoms with Gasteiger partial charge in [-0.1, -0.05) is 11.2 Å². The first kappa shape index (κ1) is 13.8. The first-order valence-corrected chi connectivity index (χ1v) is 8.09. The lowest BCUT2D eigenvalue weighted by Gasteiger charge is -2.22. The maximum atomic E-state index is 8.97. The van der Waals surface area contributed by atoms with E-state index in [1.807, 2.05) is 17.5 Å². The number of aromatic nitrogens is 1. The summed E-state index contributed by atoms with van der Waals surface area (Å²) in [4.78, 5) is 3.59. The summed E-state index contributed by atoms with van der Waals surface area (Å²) in [6, 6.07) is 6.71. The molecule has 0 amide bonds. The van der Waals surface area contributed by atoms with Gasteiger partial charge < -0.3 is 9.63 Å². The Balaban J connectivity index is 1.62. The van der Waals surface area contributed by atoms with Crippen molar-refractivity contribution in [3.8, 4) is 10.6 Å². The van der Waals surface area contributed by atoms with E-state index in [1.165, 1.54) is 12.8 Å². The second-order valence-corrected chi connectivity index (χ2v) is 6.24. The molecule has 0 bridgehead atoms. The Hall–Kier alpha value is -1.17. The molecule has 108 valence electrons. The molecular formula is C15H20N2O2S. The molecule has 1 N–H and O–H groups in total. The van der Waals surface area contributed by atoms with E-state index in [4.69, 9.17) is 9.63 Å². The maximum absolute atomic E-state index is 8.97. The number of nitrogens with zero attached hydrogens (tertiary/aromatic N) is 2. The summed E-state index contributed by atoms with van der Waals surface area (Å²) in [5.74, 6) is 0.862. The number of thiophene rings is 1. The largest absolute Gasteiger partial charge is 0.396 e. The normalized spacial score (nSPS) is 19.8. The summed E-state index contributed by atoms with van der Waals surface area (Å²) in [6.07, 6.45) is 4.44. The van der Waals surface area contributed by atoms with E-state index in [9.17, 15) is 0 Å². The van der Waals surface area contributed by atoms with Crippen molar-refractivity contribution < 1.29 is 9.63 Å². The molecule has 3 rings (SSSR count). The fourth-order valence-electron chi connectivity index (χ4n) is 2.89. The zero-order valence-electron chi connectivity index (χ0n) is 11.5. The minimum absolute atomic E-state index is 0.289. The van der Waals surface area contributed by atoms with Crippen LogP contribution in [0, 0.1) is 0 Å². The molecule has 4 nitrogen and oxygen atoms in total. The zero-order valence-corrected chi connectivity index (χ0v) is 12.3. The highest BCUT2D eigenvalue weighted by Crippen LogP contribution is 2.27. The molecule has 1 saturated heterocycles. The molecule has 1 fully saturated rings. The molecule has 1 unspecified atom stereocenters. The van der Waals surface area contributed by atoms with Crippen LogP contribution in [0.25, 0.3) is 10.6 Å². The van der Waals surface area contributed by atoms with Gasteiger partial charge in [-0.25, -0.2) is 0 Å². The molecule has 0 aromatic carbocycles. The molecule has 2 aromatic heterocycles. The van der Waals surface area contributed by atoms with E-state index < -0.39 is 0 Å². The number of rotatable bonds is 6. The van der Waals surface area contributed by atoms with Gasteiger partial charge in [0.15, 0.2) is 5.76 Å². The van der Waals surface area contributed by atoms with Crippen LogP contribution in [0.5, 0.6) is 0 Å². The standard InChI is InChI=1S/C15H20N2O2S/c18-8-2-5-13-4-1-7-17(13)11-12-10-14(19-16-12)15-6-3-9-20-15/h3,6,9-10,13,18H,1-2,4-5,7-8,11H2. The van der Waals surface area contributed by atoms with Crippen LogP contribution in [0.15, 0.2) is 28.1 Å². The van der Waals surface area contributed by atoms with Crippen molar-refractivity contribution in [2.45, 2.75) is 38.3 Å². The number of hydrogen-bond acceptors (Lipinski definition) is 5. The Morgan fingerprint density at radius 1 is 1.50 bits per heavy atom. The molecule has 3 heterocycles. The molecule has 5 heteroatoms. The fourth-order valence-corrected chi connectivity index (χ4v) is 3.56. The molecule has 1 aliphatic heterocycles. The SMILES string of the molecule is OCCCC1CCCN1Cc1cc(-c2cccs2)on1. The fraction of sp³-hybridized carbons (Fsp3) is 0.533. The Morgan fingerprint density at radius 3 is 3.25 bits per heavy atom. The minimum atomic E-state index is 0.289. The second kappa shape index (κ2) is 6.52. The van der Waals surface area contributed by atoms with Gasteiger partial charge in [0.05, 0.1) is 10.6 Å². The van der Waals surface area contributed by atoms with Crippen LogP contribution in [0.1, 0.15) is 31.4 Å². The van der Waals surface area contributed by atoms with Crippen LogP contribution in [0.2, 0.25) is 0 Å². The third kappa shape index (κ3) is 3.11. The third-order valence-electron chi connectivity index (χ3n) is 3.88. The van der Waals surface area contributed by atoms with Gasteiger partial charge in [-0.2, -0.15) is 0 Å². The van der Waals surface area contributed by atoms with Crippen LogP contribution >= 0.6 is 11.3 Å². The second-order valence-electron chi connectivity index (χ2n) is 5.29. The smallest absolute Gasteiger partial charge is 0.177 e. The van der Waals surface area contributed by atoms with Gasteiger partial charge in [0.25, 0.3) is 0 Å². The molecule has 20 heavy (non-hydrogen) atoms. The minimum Gasteiger partial charge on any atom is -0.396 e. The molecule has 1 atom stereocenters. The number of hydrogen-bond donors (Lipinski definition) is 1. The zero-order chi connectivity index (χ0) is 13.8. The van der Waals surface area contributed by atoms with Gasteiger partial charge in [0, 0.05) is 25.3 Å². The first-order chi connectivity index (χ1) is 9.86. The molecule has 0 spiro atoms. The maximum Gasteiger partial charge on any atom is 0.177 e. The molecule has 0 radical (unpaired) electrons. The molecule has 2 aromatic rings. The Morgan fingerprint density at radius 2 is 2.45 bits per heavy atom. The van der Waals surface area contributed by atoms with Crippen molar-refractivity contribution in [1.29, 1.82) is 0 Å². The number of aliphatic hydroxyl groups is 1. The van der Waals surface area contributed by atoms with E-state index >= 15 is 0 Å². The molecule has 0 aliphatic carbocycles. The molecule has 1 aliphatic rings. The van der Waals surface area contributed by atoms with Crippen molar-refractivity contribution >= 4 is 11.3 Å². The topological polar surface area (TPSA) is 49.5 Å². The van der Waals surface area contributed by atoms with E-state index in [1.54, 1.807) is 11.3 Å². The van der Waals surface area contributed by atoms with Crippen molar-refractivity contribution in [3.05, 3.63) is 29.3 Å². The van der Waals surface area contributed by atoms with E-state index in [0.717, 1.165) is 42.3 Å². The lowest BCUT2D eigenvalue weighted by Crippen LogP contribution is -2.29. The summed E-state index contributed by atoms with van der Waals surface area (Å²) in [6.45, 7) is 2.26. The third-order valence-corrected chi connectivity index (χ3v) is 4.77. The predicted octanol–water partition coefficient (Wildman–Crippen LogP) is 3.14. The molecular weight excluding hydrogens is 272 g/mol. The highest BCUT2D eigenvalue weighted by Gasteiger charge is 2.25. The van der Waals surface area contributed by atoms with Gasteiger partial charge in [-0.3, -0.25) is 4.90 Å². The first-order valence-electron chi connectivity index (χ1n) is 7.21. The summed E-state index contributed by atoms with van der Waals surface area (Å²) < 4.78 is 5.43. The number of aliphatic hydroxyl groups excluding tert-OH is 1. The highest BCUT2D eigenvalue weighted by molar-refractivity contribution is 7.13.